The van der Waals surface area contributed by atoms with Gasteiger partial charge in [0.1, 0.15) is 17.5 Å². The topological polar surface area (TPSA) is 115 Å². The number of anilines is 1. The van der Waals surface area contributed by atoms with Crippen LogP contribution in [-0.2, 0) is 12.6 Å². The summed E-state index contributed by atoms with van der Waals surface area (Å²) in [4.78, 5) is 12.7. The van der Waals surface area contributed by atoms with Crippen molar-refractivity contribution in [3.05, 3.63) is 88.9 Å². The molecule has 0 aliphatic carbocycles. The molecule has 0 aliphatic heterocycles. The highest BCUT2D eigenvalue weighted by Crippen LogP contribution is 2.34. The second kappa shape index (κ2) is 9.95. The largest absolute Gasteiger partial charge is 0.434 e. The van der Waals surface area contributed by atoms with Gasteiger partial charge in [0, 0.05) is 6.54 Å². The van der Waals surface area contributed by atoms with Gasteiger partial charge >= 0.3 is 6.18 Å². The lowest BCUT2D eigenvalue weighted by Crippen LogP contribution is -2.27. The highest BCUT2D eigenvalue weighted by atomic mass is 19.4. The van der Waals surface area contributed by atoms with E-state index in [9.17, 15) is 23.2 Å². The molecule has 0 unspecified atom stereocenters. The average Bonchev–Trinajstić information content (AvgIpc) is 3.44. The number of aryl methyl sites for hydroxylation is 2. The lowest BCUT2D eigenvalue weighted by Gasteiger charge is -2.14. The first-order valence-corrected chi connectivity index (χ1v) is 11.0. The molecule has 0 atom stereocenters. The number of hydrogen-bond donors (Lipinski definition) is 2. The van der Waals surface area contributed by atoms with Crippen molar-refractivity contribution in [3.63, 3.8) is 0 Å². The summed E-state index contributed by atoms with van der Waals surface area (Å²) in [6.07, 6.45) is -3.25. The van der Waals surface area contributed by atoms with Crippen LogP contribution < -0.4 is 11.1 Å². The van der Waals surface area contributed by atoms with Crippen LogP contribution in [0, 0.1) is 18.3 Å². The van der Waals surface area contributed by atoms with Crippen molar-refractivity contribution in [1.82, 2.24) is 24.9 Å². The summed E-state index contributed by atoms with van der Waals surface area (Å²) < 4.78 is 43.9. The Bertz CT molecular complexity index is 1430. The second-order valence-electron chi connectivity index (χ2n) is 8.03. The minimum atomic E-state index is -4.80. The molecule has 0 spiro atoms. The van der Waals surface area contributed by atoms with Crippen molar-refractivity contribution in [2.75, 3.05) is 12.3 Å². The van der Waals surface area contributed by atoms with Crippen molar-refractivity contribution in [1.29, 1.82) is 5.26 Å². The fourth-order valence-electron chi connectivity index (χ4n) is 3.87. The quantitative estimate of drug-likeness (QED) is 0.375. The summed E-state index contributed by atoms with van der Waals surface area (Å²) in [7, 11) is 0. The van der Waals surface area contributed by atoms with Crippen LogP contribution in [-0.4, -0.2) is 32.0 Å². The van der Waals surface area contributed by atoms with Gasteiger partial charge in [-0.25, -0.2) is 9.36 Å². The van der Waals surface area contributed by atoms with Crippen LogP contribution in [0.15, 0.2) is 60.8 Å². The predicted molar refractivity (Wildman–Crippen MR) is 127 cm³/mol. The summed E-state index contributed by atoms with van der Waals surface area (Å²) in [5, 5.41) is 20.3. The number of nitrogens with one attached hydrogen (secondary N) is 1. The molecule has 3 N–H and O–H groups in total. The van der Waals surface area contributed by atoms with E-state index in [2.05, 4.69) is 15.5 Å². The number of benzene rings is 2. The summed E-state index contributed by atoms with van der Waals surface area (Å²) in [6, 6.07) is 17.6. The van der Waals surface area contributed by atoms with Gasteiger partial charge < -0.3 is 11.1 Å². The highest BCUT2D eigenvalue weighted by Gasteiger charge is 2.40. The lowest BCUT2D eigenvalue weighted by atomic mass is 10.1. The number of nitrogen functional groups attached to an aromatic ring is 1. The number of nitrogens with zero attached hydrogens (tertiary/aromatic N) is 5. The third-order valence-corrected chi connectivity index (χ3v) is 5.61. The molecular formula is C25H22F3N7O. The summed E-state index contributed by atoms with van der Waals surface area (Å²) >= 11 is 0. The number of hydrogen-bond acceptors (Lipinski definition) is 5. The Kier molecular flexibility index (Phi) is 6.78. The number of nitriles is 1. The minimum Gasteiger partial charge on any atom is -0.382 e. The number of carbonyl (C=O) groups excluding carboxylic acids is 1. The van der Waals surface area contributed by atoms with E-state index >= 15 is 0 Å². The van der Waals surface area contributed by atoms with Gasteiger partial charge in [0.25, 0.3) is 5.91 Å². The number of rotatable bonds is 7. The molecule has 2 aromatic carbocycles. The molecular weight excluding hydrogens is 471 g/mol. The lowest BCUT2D eigenvalue weighted by molar-refractivity contribution is -0.143. The van der Waals surface area contributed by atoms with E-state index in [0.717, 1.165) is 10.9 Å². The third-order valence-electron chi connectivity index (χ3n) is 5.61. The molecule has 184 valence electrons. The molecule has 4 aromatic rings. The Morgan fingerprint density at radius 3 is 2.47 bits per heavy atom. The van der Waals surface area contributed by atoms with E-state index in [1.165, 1.54) is 10.7 Å². The molecule has 0 radical (unpaired) electrons. The Labute approximate surface area is 204 Å². The zero-order chi connectivity index (χ0) is 25.9. The van der Waals surface area contributed by atoms with Crippen LogP contribution >= 0.6 is 0 Å². The maximum atomic E-state index is 13.9. The molecule has 0 bridgehead atoms. The highest BCUT2D eigenvalue weighted by molar-refractivity contribution is 5.95. The first kappa shape index (κ1) is 24.5. The van der Waals surface area contributed by atoms with Gasteiger partial charge in [0.15, 0.2) is 5.69 Å². The van der Waals surface area contributed by atoms with Crippen LogP contribution in [0.5, 0.6) is 0 Å². The molecule has 1 amide bonds. The molecule has 0 saturated heterocycles. The zero-order valence-electron chi connectivity index (χ0n) is 19.3. The number of nitrogens with two attached hydrogens (primary N) is 1. The smallest absolute Gasteiger partial charge is 0.382 e. The van der Waals surface area contributed by atoms with Gasteiger partial charge in [-0.1, -0.05) is 36.4 Å². The average molecular weight is 493 g/mol. The van der Waals surface area contributed by atoms with Crippen molar-refractivity contribution >= 4 is 11.7 Å². The van der Waals surface area contributed by atoms with Crippen molar-refractivity contribution in [2.45, 2.75) is 25.9 Å². The van der Waals surface area contributed by atoms with Crippen molar-refractivity contribution < 1.29 is 18.0 Å². The first-order valence-electron chi connectivity index (χ1n) is 11.0. The third kappa shape index (κ3) is 4.79. The Morgan fingerprint density at radius 2 is 1.81 bits per heavy atom. The van der Waals surface area contributed by atoms with Crippen LogP contribution in [0.2, 0.25) is 0 Å². The number of para-hydroxylation sites is 2. The Hall–Kier alpha value is -4.59. The molecule has 4 rings (SSSR count). The van der Waals surface area contributed by atoms with Crippen LogP contribution in [0.3, 0.4) is 0 Å². The monoisotopic (exact) mass is 493 g/mol. The summed E-state index contributed by atoms with van der Waals surface area (Å²) in [5.74, 6) is -0.696. The molecule has 0 saturated carbocycles. The van der Waals surface area contributed by atoms with Crippen LogP contribution in [0.1, 0.15) is 39.3 Å². The van der Waals surface area contributed by atoms with E-state index in [1.54, 1.807) is 37.3 Å². The van der Waals surface area contributed by atoms with Gasteiger partial charge in [-0.05, 0) is 43.5 Å². The van der Waals surface area contributed by atoms with E-state index < -0.39 is 23.3 Å². The van der Waals surface area contributed by atoms with Crippen molar-refractivity contribution in [2.24, 2.45) is 0 Å². The van der Waals surface area contributed by atoms with Gasteiger partial charge in [0.2, 0.25) is 0 Å². The Morgan fingerprint density at radius 1 is 1.11 bits per heavy atom. The number of alkyl halides is 3. The Balaban J connectivity index is 1.48. The molecule has 11 heteroatoms. The summed E-state index contributed by atoms with van der Waals surface area (Å²) in [5.41, 5.74) is 6.55. The fraction of sp³-hybridized carbons (Fsp3) is 0.200. The van der Waals surface area contributed by atoms with Gasteiger partial charge in [-0.3, -0.25) is 4.79 Å². The standard InChI is InChI=1S/C25H22F3N7O/c1-16-8-5-6-12-21(16)35-22(25(26,27)28)19(15-32-35)24(36)31-13-7-11-20-18(14-29)23(30)34(33-20)17-9-3-2-4-10-17/h2-6,8-10,12,15H,7,11,13,30H2,1H3,(H,31,36). The van der Waals surface area contributed by atoms with Crippen LogP contribution in [0.25, 0.3) is 11.4 Å². The minimum absolute atomic E-state index is 0.0641. The molecule has 0 aliphatic rings. The van der Waals surface area contributed by atoms with Crippen molar-refractivity contribution in [3.8, 4) is 17.4 Å². The number of carbonyl (C=O) groups is 1. The maximum absolute atomic E-state index is 13.9. The number of halogens is 3. The summed E-state index contributed by atoms with van der Waals surface area (Å²) in [6.45, 7) is 1.73. The number of aromatic nitrogens is 4. The second-order valence-corrected chi connectivity index (χ2v) is 8.03. The maximum Gasteiger partial charge on any atom is 0.434 e. The van der Waals surface area contributed by atoms with Gasteiger partial charge in [0.05, 0.1) is 28.8 Å². The predicted octanol–water partition coefficient (Wildman–Crippen LogP) is 4.20. The van der Waals surface area contributed by atoms with E-state index in [-0.39, 0.29) is 23.6 Å². The molecule has 2 heterocycles. The molecule has 2 aromatic heterocycles. The van der Waals surface area contributed by atoms with Gasteiger partial charge in [-0.2, -0.15) is 28.6 Å². The molecule has 36 heavy (non-hydrogen) atoms. The van der Waals surface area contributed by atoms with E-state index in [1.807, 2.05) is 24.3 Å². The van der Waals surface area contributed by atoms with Crippen LogP contribution in [0.4, 0.5) is 19.0 Å². The normalized spacial score (nSPS) is 11.3. The molecule has 0 fully saturated rings. The fourth-order valence-corrected chi connectivity index (χ4v) is 3.87. The van der Waals surface area contributed by atoms with E-state index in [4.69, 9.17) is 5.73 Å². The van der Waals surface area contributed by atoms with Gasteiger partial charge in [-0.15, -0.1) is 0 Å². The zero-order valence-corrected chi connectivity index (χ0v) is 19.3. The number of amides is 1. The molecule has 8 nitrogen and oxygen atoms in total. The SMILES string of the molecule is Cc1ccccc1-n1ncc(C(=O)NCCCc2nn(-c3ccccc3)c(N)c2C#N)c1C(F)(F)F. The van der Waals surface area contributed by atoms with E-state index in [0.29, 0.717) is 29.8 Å². The first-order chi connectivity index (χ1) is 17.2.